The highest BCUT2D eigenvalue weighted by atomic mass is 19.1. The van der Waals surface area contributed by atoms with E-state index in [-0.39, 0.29) is 18.1 Å². The molecule has 5 aromatic rings. The normalized spacial score (nSPS) is 11.0. The molecule has 9 heteroatoms. The molecule has 5 rings (SSSR count). The average Bonchev–Trinajstić information content (AvgIpc) is 3.33. The van der Waals surface area contributed by atoms with Crippen LogP contribution >= 0.6 is 0 Å². The molecule has 1 N–H and O–H groups in total. The highest BCUT2D eigenvalue weighted by Crippen LogP contribution is 2.28. The Morgan fingerprint density at radius 1 is 1.09 bits per heavy atom. The van der Waals surface area contributed by atoms with Gasteiger partial charge in [-0.1, -0.05) is 29.4 Å². The minimum atomic E-state index is -0.540. The van der Waals surface area contributed by atoms with Gasteiger partial charge >= 0.3 is 0 Å². The van der Waals surface area contributed by atoms with Crippen LogP contribution in [-0.4, -0.2) is 25.6 Å². The van der Waals surface area contributed by atoms with Crippen LogP contribution in [0.3, 0.4) is 0 Å². The molecule has 0 spiro atoms. The second-order valence-electron chi connectivity index (χ2n) is 7.69. The first kappa shape index (κ1) is 21.2. The van der Waals surface area contributed by atoms with Gasteiger partial charge in [-0.05, 0) is 42.8 Å². The molecule has 0 unspecified atom stereocenters. The Hall–Kier alpha value is -4.66. The van der Waals surface area contributed by atoms with E-state index in [1.807, 2.05) is 6.07 Å². The molecule has 2 aromatic carbocycles. The van der Waals surface area contributed by atoms with Crippen molar-refractivity contribution in [1.29, 1.82) is 0 Å². The number of para-hydroxylation sites is 1. The van der Waals surface area contributed by atoms with E-state index in [0.29, 0.717) is 22.3 Å². The molecule has 0 bridgehead atoms. The molecule has 0 aliphatic heterocycles. The quantitative estimate of drug-likeness (QED) is 0.426. The van der Waals surface area contributed by atoms with Crippen LogP contribution in [0, 0.1) is 12.7 Å². The fourth-order valence-electron chi connectivity index (χ4n) is 3.68. The van der Waals surface area contributed by atoms with Crippen molar-refractivity contribution in [2.24, 2.45) is 0 Å². The molecular weight excluding hydrogens is 437 g/mol. The van der Waals surface area contributed by atoms with Gasteiger partial charge in [-0.15, -0.1) is 0 Å². The number of carbonyl (C=O) groups excluding carboxylic acids is 1. The molecular formula is C25H18FN5O3. The van der Waals surface area contributed by atoms with Crippen molar-refractivity contribution < 1.29 is 13.7 Å². The van der Waals surface area contributed by atoms with E-state index in [9.17, 15) is 14.0 Å². The van der Waals surface area contributed by atoms with Gasteiger partial charge in [0.15, 0.2) is 0 Å². The SMILES string of the molecule is Cc1ccc(NC(=O)Cn2c(=O)cc(-c3nc(-c4ccncc4)no3)c3ccccc32)c(F)c1. The summed E-state index contributed by atoms with van der Waals surface area (Å²) in [5.74, 6) is -0.522. The molecule has 3 aromatic heterocycles. The minimum absolute atomic E-state index is 0.0547. The van der Waals surface area contributed by atoms with Gasteiger partial charge in [-0.25, -0.2) is 4.39 Å². The lowest BCUT2D eigenvalue weighted by molar-refractivity contribution is -0.116. The largest absolute Gasteiger partial charge is 0.334 e. The maximum Gasteiger partial charge on any atom is 0.259 e. The van der Waals surface area contributed by atoms with Crippen LogP contribution in [0.4, 0.5) is 10.1 Å². The topological polar surface area (TPSA) is 103 Å². The van der Waals surface area contributed by atoms with Crippen molar-refractivity contribution in [3.63, 3.8) is 0 Å². The summed E-state index contributed by atoms with van der Waals surface area (Å²) < 4.78 is 20.9. The van der Waals surface area contributed by atoms with Crippen molar-refractivity contribution in [3.05, 3.63) is 94.8 Å². The number of fused-ring (bicyclic) bond motifs is 1. The summed E-state index contributed by atoms with van der Waals surface area (Å²) in [6.45, 7) is 1.46. The van der Waals surface area contributed by atoms with Crippen molar-refractivity contribution >= 4 is 22.5 Å². The van der Waals surface area contributed by atoms with Crippen molar-refractivity contribution in [3.8, 4) is 22.8 Å². The highest BCUT2D eigenvalue weighted by Gasteiger charge is 2.18. The fraction of sp³-hybridized carbons (Fsp3) is 0.0800. The van der Waals surface area contributed by atoms with Crippen molar-refractivity contribution in [2.45, 2.75) is 13.5 Å². The number of nitrogens with one attached hydrogen (secondary N) is 1. The maximum absolute atomic E-state index is 14.1. The van der Waals surface area contributed by atoms with Gasteiger partial charge < -0.3 is 9.84 Å². The second kappa shape index (κ2) is 8.70. The van der Waals surface area contributed by atoms with E-state index in [1.54, 1.807) is 55.7 Å². The third kappa shape index (κ3) is 4.06. The first-order chi connectivity index (χ1) is 16.5. The Morgan fingerprint density at radius 3 is 2.68 bits per heavy atom. The number of carbonyl (C=O) groups is 1. The number of anilines is 1. The lowest BCUT2D eigenvalue weighted by Crippen LogP contribution is -2.28. The Bertz CT molecular complexity index is 1580. The molecule has 0 radical (unpaired) electrons. The zero-order valence-electron chi connectivity index (χ0n) is 18.0. The third-order valence-corrected chi connectivity index (χ3v) is 5.31. The van der Waals surface area contributed by atoms with Gasteiger partial charge in [0.2, 0.25) is 11.7 Å². The molecule has 1 amide bonds. The molecule has 0 fully saturated rings. The Kier molecular flexibility index (Phi) is 5.43. The second-order valence-corrected chi connectivity index (χ2v) is 7.69. The number of nitrogens with zero attached hydrogens (tertiary/aromatic N) is 4. The fourth-order valence-corrected chi connectivity index (χ4v) is 3.68. The van der Waals surface area contributed by atoms with Gasteiger partial charge in [0.05, 0.1) is 16.8 Å². The van der Waals surface area contributed by atoms with Gasteiger partial charge in [0.1, 0.15) is 12.4 Å². The number of hydrogen-bond donors (Lipinski definition) is 1. The van der Waals surface area contributed by atoms with Crippen LogP contribution in [0.1, 0.15) is 5.56 Å². The van der Waals surface area contributed by atoms with Gasteiger partial charge in [-0.2, -0.15) is 4.98 Å². The highest BCUT2D eigenvalue weighted by molar-refractivity contribution is 5.95. The molecule has 168 valence electrons. The van der Waals surface area contributed by atoms with E-state index in [0.717, 1.165) is 11.1 Å². The maximum atomic E-state index is 14.1. The van der Waals surface area contributed by atoms with Gasteiger partial charge in [0.25, 0.3) is 11.4 Å². The number of rotatable bonds is 5. The summed E-state index contributed by atoms with van der Waals surface area (Å²) in [5.41, 5.74) is 2.04. The minimum Gasteiger partial charge on any atom is -0.334 e. The monoisotopic (exact) mass is 455 g/mol. The number of pyridine rings is 2. The number of hydrogen-bond acceptors (Lipinski definition) is 6. The standard InChI is InChI=1S/C25H18FN5O3/c1-15-6-7-20(19(26)12-15)28-22(32)14-31-21-5-3-2-4-17(21)18(13-23(31)33)25-29-24(30-34-25)16-8-10-27-11-9-16/h2-13H,14H2,1H3,(H,28,32). The van der Waals surface area contributed by atoms with Crippen LogP contribution < -0.4 is 10.9 Å². The number of benzene rings is 2. The molecule has 0 aliphatic carbocycles. The Labute approximate surface area is 192 Å². The summed E-state index contributed by atoms with van der Waals surface area (Å²) in [5, 5.41) is 7.19. The molecule has 0 aliphatic rings. The predicted molar refractivity (Wildman–Crippen MR) is 124 cm³/mol. The lowest BCUT2D eigenvalue weighted by atomic mass is 10.1. The third-order valence-electron chi connectivity index (χ3n) is 5.31. The summed E-state index contributed by atoms with van der Waals surface area (Å²) in [6.07, 6.45) is 3.24. The first-order valence-corrected chi connectivity index (χ1v) is 10.4. The molecule has 0 atom stereocenters. The smallest absolute Gasteiger partial charge is 0.259 e. The van der Waals surface area contributed by atoms with Crippen LogP contribution in [0.25, 0.3) is 33.7 Å². The van der Waals surface area contributed by atoms with Crippen molar-refractivity contribution in [1.82, 2.24) is 19.7 Å². The van der Waals surface area contributed by atoms with Crippen LogP contribution in [-0.2, 0) is 11.3 Å². The number of aryl methyl sites for hydroxylation is 1. The van der Waals surface area contributed by atoms with Crippen LogP contribution in [0.2, 0.25) is 0 Å². The summed E-state index contributed by atoms with van der Waals surface area (Å²) in [4.78, 5) is 34.1. The van der Waals surface area contributed by atoms with Gasteiger partial charge in [-0.3, -0.25) is 19.1 Å². The van der Waals surface area contributed by atoms with E-state index in [2.05, 4.69) is 20.4 Å². The Balaban J connectivity index is 1.50. The summed E-state index contributed by atoms with van der Waals surface area (Å²) in [6, 6.07) is 16.5. The van der Waals surface area contributed by atoms with E-state index >= 15 is 0 Å². The zero-order chi connectivity index (χ0) is 23.7. The summed E-state index contributed by atoms with van der Waals surface area (Å²) in [7, 11) is 0. The van der Waals surface area contributed by atoms with E-state index in [4.69, 9.17) is 4.52 Å². The number of aromatic nitrogens is 4. The van der Waals surface area contributed by atoms with E-state index < -0.39 is 17.3 Å². The average molecular weight is 455 g/mol. The zero-order valence-corrected chi connectivity index (χ0v) is 18.0. The molecule has 8 nitrogen and oxygen atoms in total. The van der Waals surface area contributed by atoms with Crippen LogP contribution in [0.5, 0.6) is 0 Å². The lowest BCUT2D eigenvalue weighted by Gasteiger charge is -2.13. The van der Waals surface area contributed by atoms with Crippen molar-refractivity contribution in [2.75, 3.05) is 5.32 Å². The van der Waals surface area contributed by atoms with Crippen LogP contribution in [0.15, 0.2) is 82.4 Å². The molecule has 0 saturated heterocycles. The first-order valence-electron chi connectivity index (χ1n) is 10.4. The van der Waals surface area contributed by atoms with E-state index in [1.165, 1.54) is 22.8 Å². The summed E-state index contributed by atoms with van der Waals surface area (Å²) >= 11 is 0. The molecule has 3 heterocycles. The predicted octanol–water partition coefficient (Wildman–Crippen LogP) is 4.20. The molecule has 34 heavy (non-hydrogen) atoms. The number of amides is 1. The number of halogens is 1. The molecule has 0 saturated carbocycles. The Morgan fingerprint density at radius 2 is 1.88 bits per heavy atom. The van der Waals surface area contributed by atoms with Gasteiger partial charge in [0, 0.05) is 29.4 Å².